The number of rotatable bonds is 3. The minimum Gasteiger partial charge on any atom is -0.389 e. The van der Waals surface area contributed by atoms with Crippen molar-refractivity contribution in [3.05, 3.63) is 29.3 Å². The smallest absolute Gasteiger partial charge is 0.104 e. The van der Waals surface area contributed by atoms with E-state index < -0.39 is 0 Å². The highest BCUT2D eigenvalue weighted by Crippen LogP contribution is 2.31. The van der Waals surface area contributed by atoms with Gasteiger partial charge in [0.15, 0.2) is 0 Å². The van der Waals surface area contributed by atoms with Crippen molar-refractivity contribution in [3.8, 4) is 0 Å². The number of aryl methyl sites for hydroxylation is 1. The van der Waals surface area contributed by atoms with Crippen molar-refractivity contribution in [3.63, 3.8) is 0 Å². The van der Waals surface area contributed by atoms with Gasteiger partial charge in [0.05, 0.1) is 0 Å². The standard InChI is InChI=1S/C15H22N2S/c1-11-10-12(6-7-13(11)14(16)18)17-15(2)8-4-3-5-9-15/h6-7,10,17H,3-5,8-9H2,1-2H3,(H2,16,18). The van der Waals surface area contributed by atoms with Crippen LogP contribution in [0.3, 0.4) is 0 Å². The van der Waals surface area contributed by atoms with Crippen LogP contribution in [0.25, 0.3) is 0 Å². The van der Waals surface area contributed by atoms with E-state index >= 15 is 0 Å². The molecule has 18 heavy (non-hydrogen) atoms. The molecule has 1 fully saturated rings. The summed E-state index contributed by atoms with van der Waals surface area (Å²) in [5, 5.41) is 3.68. The highest BCUT2D eigenvalue weighted by Gasteiger charge is 2.26. The average Bonchev–Trinajstić information content (AvgIpc) is 2.28. The summed E-state index contributed by atoms with van der Waals surface area (Å²) in [6, 6.07) is 6.25. The van der Waals surface area contributed by atoms with Gasteiger partial charge in [0.25, 0.3) is 0 Å². The molecule has 2 nitrogen and oxygen atoms in total. The Labute approximate surface area is 115 Å². The zero-order valence-electron chi connectivity index (χ0n) is 11.3. The van der Waals surface area contributed by atoms with Crippen molar-refractivity contribution in [2.75, 3.05) is 5.32 Å². The molecule has 0 heterocycles. The van der Waals surface area contributed by atoms with E-state index in [1.165, 1.54) is 37.8 Å². The third-order valence-corrected chi connectivity index (χ3v) is 4.11. The second-order valence-corrected chi connectivity index (χ2v) is 6.08. The molecule has 0 aliphatic heterocycles. The van der Waals surface area contributed by atoms with Gasteiger partial charge in [-0.05, 0) is 50.5 Å². The monoisotopic (exact) mass is 262 g/mol. The first kappa shape index (κ1) is 13.3. The van der Waals surface area contributed by atoms with Gasteiger partial charge in [-0.2, -0.15) is 0 Å². The van der Waals surface area contributed by atoms with Crippen LogP contribution >= 0.6 is 12.2 Å². The summed E-state index contributed by atoms with van der Waals surface area (Å²) in [4.78, 5) is 0.475. The Morgan fingerprint density at radius 2 is 1.94 bits per heavy atom. The molecule has 0 unspecified atom stereocenters. The van der Waals surface area contributed by atoms with Gasteiger partial charge in [-0.25, -0.2) is 0 Å². The van der Waals surface area contributed by atoms with Crippen molar-refractivity contribution in [2.24, 2.45) is 5.73 Å². The molecule has 3 heteroatoms. The highest BCUT2D eigenvalue weighted by atomic mass is 32.1. The zero-order valence-corrected chi connectivity index (χ0v) is 12.1. The number of thiocarbonyl (C=S) groups is 1. The van der Waals surface area contributed by atoms with Gasteiger partial charge in [-0.3, -0.25) is 0 Å². The minimum absolute atomic E-state index is 0.245. The molecule has 0 saturated heterocycles. The second-order valence-electron chi connectivity index (χ2n) is 5.64. The minimum atomic E-state index is 0.245. The molecule has 0 spiro atoms. The summed E-state index contributed by atoms with van der Waals surface area (Å²) in [7, 11) is 0. The molecule has 1 saturated carbocycles. The molecule has 1 aliphatic rings. The molecular formula is C15H22N2S. The van der Waals surface area contributed by atoms with Crippen molar-refractivity contribution < 1.29 is 0 Å². The van der Waals surface area contributed by atoms with E-state index in [0.29, 0.717) is 4.99 Å². The van der Waals surface area contributed by atoms with Gasteiger partial charge in [0, 0.05) is 16.8 Å². The molecule has 1 aromatic carbocycles. The SMILES string of the molecule is Cc1cc(NC2(C)CCCCC2)ccc1C(N)=S. The lowest BCUT2D eigenvalue weighted by molar-refractivity contribution is 0.349. The fourth-order valence-corrected chi connectivity index (χ4v) is 3.05. The van der Waals surface area contributed by atoms with E-state index in [9.17, 15) is 0 Å². The van der Waals surface area contributed by atoms with Crippen molar-refractivity contribution in [1.29, 1.82) is 0 Å². The van der Waals surface area contributed by atoms with Crippen LogP contribution in [0.1, 0.15) is 50.2 Å². The van der Waals surface area contributed by atoms with Gasteiger partial charge in [-0.1, -0.05) is 31.5 Å². The van der Waals surface area contributed by atoms with Crippen molar-refractivity contribution in [1.82, 2.24) is 0 Å². The first-order chi connectivity index (χ1) is 8.50. The Morgan fingerprint density at radius 1 is 1.28 bits per heavy atom. The summed E-state index contributed by atoms with van der Waals surface area (Å²) in [5.74, 6) is 0. The largest absolute Gasteiger partial charge is 0.389 e. The Morgan fingerprint density at radius 3 is 2.50 bits per heavy atom. The predicted octanol–water partition coefficient (Wildman–Crippen LogP) is 3.76. The second kappa shape index (κ2) is 5.27. The first-order valence-electron chi connectivity index (χ1n) is 6.69. The van der Waals surface area contributed by atoms with Crippen molar-refractivity contribution in [2.45, 2.75) is 51.5 Å². The van der Waals surface area contributed by atoms with Crippen LogP contribution in [0.5, 0.6) is 0 Å². The summed E-state index contributed by atoms with van der Waals surface area (Å²) < 4.78 is 0. The normalized spacial score (nSPS) is 18.3. The van der Waals surface area contributed by atoms with Crippen LogP contribution in [-0.4, -0.2) is 10.5 Å². The van der Waals surface area contributed by atoms with Crippen LogP contribution in [0, 0.1) is 6.92 Å². The number of benzene rings is 1. The molecule has 2 rings (SSSR count). The zero-order chi connectivity index (χ0) is 13.2. The maximum atomic E-state index is 5.69. The van der Waals surface area contributed by atoms with E-state index in [0.717, 1.165) is 11.1 Å². The quantitative estimate of drug-likeness (QED) is 0.814. The topological polar surface area (TPSA) is 38.0 Å². The van der Waals surface area contributed by atoms with E-state index in [1.807, 2.05) is 6.07 Å². The van der Waals surface area contributed by atoms with Gasteiger partial charge in [0.2, 0.25) is 0 Å². The van der Waals surface area contributed by atoms with E-state index in [2.05, 4.69) is 31.3 Å². The van der Waals surface area contributed by atoms with E-state index in [1.54, 1.807) is 0 Å². The summed E-state index contributed by atoms with van der Waals surface area (Å²) in [6.07, 6.45) is 6.53. The van der Waals surface area contributed by atoms with Crippen LogP contribution in [-0.2, 0) is 0 Å². The number of hydrogen-bond acceptors (Lipinski definition) is 2. The Balaban J connectivity index is 2.14. The number of nitrogens with two attached hydrogens (primary N) is 1. The molecular weight excluding hydrogens is 240 g/mol. The summed E-state index contributed by atoms with van der Waals surface area (Å²) in [6.45, 7) is 4.38. The lowest BCUT2D eigenvalue weighted by Gasteiger charge is -2.35. The third-order valence-electron chi connectivity index (χ3n) is 3.90. The highest BCUT2D eigenvalue weighted by molar-refractivity contribution is 7.80. The Bertz CT molecular complexity index is 448. The van der Waals surface area contributed by atoms with Gasteiger partial charge < -0.3 is 11.1 Å². The maximum Gasteiger partial charge on any atom is 0.104 e. The molecule has 1 aliphatic carbocycles. The van der Waals surface area contributed by atoms with E-state index in [4.69, 9.17) is 18.0 Å². The molecule has 0 amide bonds. The molecule has 1 aromatic rings. The lowest BCUT2D eigenvalue weighted by Crippen LogP contribution is -2.36. The molecule has 0 aromatic heterocycles. The summed E-state index contributed by atoms with van der Waals surface area (Å²) in [5.41, 5.74) is 9.23. The van der Waals surface area contributed by atoms with Gasteiger partial charge in [0.1, 0.15) is 4.99 Å². The van der Waals surface area contributed by atoms with Gasteiger partial charge in [-0.15, -0.1) is 0 Å². The fraction of sp³-hybridized carbons (Fsp3) is 0.533. The van der Waals surface area contributed by atoms with Crippen LogP contribution < -0.4 is 11.1 Å². The number of nitrogens with one attached hydrogen (secondary N) is 1. The lowest BCUT2D eigenvalue weighted by atomic mass is 9.83. The maximum absolute atomic E-state index is 5.69. The van der Waals surface area contributed by atoms with Crippen LogP contribution in [0.2, 0.25) is 0 Å². The molecule has 0 atom stereocenters. The molecule has 0 bridgehead atoms. The Kier molecular flexibility index (Phi) is 3.91. The number of anilines is 1. The summed E-state index contributed by atoms with van der Waals surface area (Å²) >= 11 is 5.03. The molecule has 0 radical (unpaired) electrons. The first-order valence-corrected chi connectivity index (χ1v) is 7.10. The van der Waals surface area contributed by atoms with E-state index in [-0.39, 0.29) is 5.54 Å². The third kappa shape index (κ3) is 3.02. The van der Waals surface area contributed by atoms with Crippen LogP contribution in [0.4, 0.5) is 5.69 Å². The predicted molar refractivity (Wildman–Crippen MR) is 82.2 cm³/mol. The number of hydrogen-bond donors (Lipinski definition) is 2. The molecule has 3 N–H and O–H groups in total. The van der Waals surface area contributed by atoms with Crippen molar-refractivity contribution >= 4 is 22.9 Å². The fourth-order valence-electron chi connectivity index (χ4n) is 2.82. The average molecular weight is 262 g/mol. The Hall–Kier alpha value is -1.09. The van der Waals surface area contributed by atoms with Crippen LogP contribution in [0.15, 0.2) is 18.2 Å². The molecule has 98 valence electrons. The van der Waals surface area contributed by atoms with Gasteiger partial charge >= 0.3 is 0 Å².